The first-order chi connectivity index (χ1) is 19.3. The monoisotopic (exact) mass is 578 g/mol. The van der Waals surface area contributed by atoms with Crippen LogP contribution in [-0.2, 0) is 20.7 Å². The van der Waals surface area contributed by atoms with Gasteiger partial charge in [0, 0.05) is 11.6 Å². The van der Waals surface area contributed by atoms with Crippen LogP contribution in [-0.4, -0.2) is 54.6 Å². The summed E-state index contributed by atoms with van der Waals surface area (Å²) in [5.41, 5.74) is 10.4. The lowest BCUT2D eigenvalue weighted by Crippen LogP contribution is -2.51. The number of hydrogen-bond acceptors (Lipinski definition) is 9. The topological polar surface area (TPSA) is 151 Å². The molecule has 4 heterocycles. The molecule has 10 nitrogen and oxygen atoms in total. The van der Waals surface area contributed by atoms with Crippen LogP contribution in [0.15, 0.2) is 30.5 Å². The Morgan fingerprint density at radius 2 is 1.93 bits per heavy atom. The number of nitrogens with two attached hydrogens (primary N) is 2. The van der Waals surface area contributed by atoms with Gasteiger partial charge >= 0.3 is 12.1 Å². The smallest absolute Gasteiger partial charge is 0.447 e. The molecule has 1 saturated carbocycles. The van der Waals surface area contributed by atoms with Crippen molar-refractivity contribution in [1.82, 2.24) is 19.5 Å². The van der Waals surface area contributed by atoms with Crippen molar-refractivity contribution < 1.29 is 41.3 Å². The highest BCUT2D eigenvalue weighted by molar-refractivity contribution is 5.87. The SMILES string of the molecule is Cc1nc(N)c2c(F)cn([C@@H]3O[C@@H]4[C@H](Cc5ccc6cc(F)c(N)nc6c5)CC[C@]4(OC(=O)C(F)(F)F)[C@H]3O)c2n1. The highest BCUT2D eigenvalue weighted by Gasteiger charge is 2.66. The lowest BCUT2D eigenvalue weighted by molar-refractivity contribution is -0.223. The molecular formula is C26H23F5N6O4. The van der Waals surface area contributed by atoms with Crippen molar-refractivity contribution in [3.05, 3.63) is 53.5 Å². The van der Waals surface area contributed by atoms with E-state index in [0.717, 1.165) is 10.8 Å². The van der Waals surface area contributed by atoms with Crippen molar-refractivity contribution in [2.45, 2.75) is 56.4 Å². The van der Waals surface area contributed by atoms with E-state index < -0.39 is 53.7 Å². The lowest BCUT2D eigenvalue weighted by atomic mass is 9.89. The summed E-state index contributed by atoms with van der Waals surface area (Å²) in [6, 6.07) is 6.22. The summed E-state index contributed by atoms with van der Waals surface area (Å²) in [5.74, 6) is -4.80. The van der Waals surface area contributed by atoms with Crippen molar-refractivity contribution in [3.8, 4) is 0 Å². The summed E-state index contributed by atoms with van der Waals surface area (Å²) in [6.45, 7) is 1.51. The van der Waals surface area contributed by atoms with Gasteiger partial charge in [0.05, 0.1) is 10.9 Å². The number of aliphatic hydroxyl groups excluding tert-OH is 1. The first-order valence-electron chi connectivity index (χ1n) is 12.6. The summed E-state index contributed by atoms with van der Waals surface area (Å²) in [5, 5.41) is 11.8. The Kier molecular flexibility index (Phi) is 6.08. The lowest BCUT2D eigenvalue weighted by Gasteiger charge is -2.32. The Hall–Kier alpha value is -4.11. The van der Waals surface area contributed by atoms with Gasteiger partial charge in [0.15, 0.2) is 34.9 Å². The highest BCUT2D eigenvalue weighted by Crippen LogP contribution is 2.53. The molecular weight excluding hydrogens is 555 g/mol. The molecule has 5 N–H and O–H groups in total. The largest absolute Gasteiger partial charge is 0.490 e. The minimum Gasteiger partial charge on any atom is -0.447 e. The van der Waals surface area contributed by atoms with E-state index in [-0.39, 0.29) is 47.8 Å². The standard InChI is InChI=1S/C26H23F5N6O4/c1-10-34-21(33)17-15(28)9-37(22(17)35-10)23-18(38)25(41-24(39)26(29,30)31)5-4-13(19(25)40-23)6-11-2-3-12-8-14(27)20(32)36-16(12)7-11/h2-3,7-9,13,18-19,23,38H,4-6H2,1H3,(H2,32,36)(H2,33,34,35)/t13-,18-,19+,23+,25-/m0/s1. The molecule has 15 heteroatoms. The Labute approximate surface area is 228 Å². The molecule has 0 amide bonds. The number of esters is 1. The van der Waals surface area contributed by atoms with Crippen molar-refractivity contribution in [3.63, 3.8) is 0 Å². The van der Waals surface area contributed by atoms with Gasteiger partial charge < -0.3 is 30.6 Å². The third-order valence-electron chi connectivity index (χ3n) is 7.79. The van der Waals surface area contributed by atoms with E-state index in [1.807, 2.05) is 0 Å². The van der Waals surface area contributed by atoms with Crippen LogP contribution in [0.1, 0.15) is 30.5 Å². The number of pyridine rings is 1. The predicted octanol–water partition coefficient (Wildman–Crippen LogP) is 3.49. The van der Waals surface area contributed by atoms with Crippen LogP contribution < -0.4 is 11.5 Å². The molecule has 4 aromatic rings. The van der Waals surface area contributed by atoms with Gasteiger partial charge in [-0.25, -0.2) is 28.5 Å². The maximum Gasteiger partial charge on any atom is 0.490 e. The van der Waals surface area contributed by atoms with Crippen LogP contribution in [0.4, 0.5) is 33.6 Å². The average molecular weight is 578 g/mol. The molecule has 0 radical (unpaired) electrons. The zero-order valence-electron chi connectivity index (χ0n) is 21.3. The number of aliphatic hydroxyl groups is 1. The van der Waals surface area contributed by atoms with Gasteiger partial charge in [-0.1, -0.05) is 12.1 Å². The van der Waals surface area contributed by atoms with Gasteiger partial charge in [0.2, 0.25) is 0 Å². The normalized spacial score (nSPS) is 26.1. The van der Waals surface area contributed by atoms with Gasteiger partial charge in [-0.3, -0.25) is 0 Å². The third kappa shape index (κ3) is 4.30. The zero-order chi connectivity index (χ0) is 29.4. The Bertz CT molecular complexity index is 1710. The van der Waals surface area contributed by atoms with E-state index in [1.54, 1.807) is 18.2 Å². The number of carbonyl (C=O) groups is 1. The number of anilines is 2. The number of aryl methyl sites for hydroxylation is 1. The van der Waals surface area contributed by atoms with E-state index in [0.29, 0.717) is 16.5 Å². The third-order valence-corrected chi connectivity index (χ3v) is 7.79. The average Bonchev–Trinajstić information content (AvgIpc) is 3.48. The van der Waals surface area contributed by atoms with E-state index in [1.165, 1.54) is 13.0 Å². The van der Waals surface area contributed by atoms with E-state index in [9.17, 15) is 31.9 Å². The van der Waals surface area contributed by atoms with Crippen LogP contribution in [0.5, 0.6) is 0 Å². The first-order valence-corrected chi connectivity index (χ1v) is 12.6. The van der Waals surface area contributed by atoms with Crippen molar-refractivity contribution in [2.24, 2.45) is 5.92 Å². The molecule has 5 atom stereocenters. The molecule has 2 aliphatic rings. The summed E-state index contributed by atoms with van der Waals surface area (Å²) in [4.78, 5) is 24.2. The number of hydrogen-bond donors (Lipinski definition) is 3. The number of carbonyl (C=O) groups excluding carboxylic acids is 1. The summed E-state index contributed by atoms with van der Waals surface area (Å²) in [6.07, 6.45) is -8.59. The van der Waals surface area contributed by atoms with Gasteiger partial charge in [-0.15, -0.1) is 0 Å². The number of ether oxygens (including phenoxy) is 2. The second-order valence-electron chi connectivity index (χ2n) is 10.4. The second kappa shape index (κ2) is 9.21. The van der Waals surface area contributed by atoms with Crippen LogP contribution in [0.3, 0.4) is 0 Å². The summed E-state index contributed by atoms with van der Waals surface area (Å²) in [7, 11) is 0. The van der Waals surface area contributed by atoms with Crippen LogP contribution in [0.2, 0.25) is 0 Å². The molecule has 1 aromatic carbocycles. The Morgan fingerprint density at radius 1 is 1.17 bits per heavy atom. The summed E-state index contributed by atoms with van der Waals surface area (Å²) >= 11 is 0. The Balaban J connectivity index is 1.39. The molecule has 0 spiro atoms. The van der Waals surface area contributed by atoms with E-state index in [2.05, 4.69) is 15.0 Å². The maximum atomic E-state index is 14.9. The molecule has 216 valence electrons. The molecule has 41 heavy (non-hydrogen) atoms. The number of nitrogens with zero attached hydrogens (tertiary/aromatic N) is 4. The second-order valence-corrected chi connectivity index (χ2v) is 10.4. The van der Waals surface area contributed by atoms with Crippen molar-refractivity contribution >= 4 is 39.5 Å². The number of rotatable bonds is 4. The Morgan fingerprint density at radius 3 is 2.66 bits per heavy atom. The zero-order valence-corrected chi connectivity index (χ0v) is 21.3. The molecule has 6 rings (SSSR count). The van der Waals surface area contributed by atoms with Crippen LogP contribution >= 0.6 is 0 Å². The molecule has 0 unspecified atom stereocenters. The number of fused-ring (bicyclic) bond motifs is 3. The quantitative estimate of drug-likeness (QED) is 0.244. The fourth-order valence-electron chi connectivity index (χ4n) is 6.01. The number of alkyl halides is 3. The number of halogens is 5. The highest BCUT2D eigenvalue weighted by atomic mass is 19.4. The molecule has 1 saturated heterocycles. The van der Waals surface area contributed by atoms with Gasteiger partial charge in [0.25, 0.3) is 0 Å². The van der Waals surface area contributed by atoms with E-state index >= 15 is 0 Å². The maximum absolute atomic E-state index is 14.9. The van der Waals surface area contributed by atoms with Gasteiger partial charge in [-0.05, 0) is 49.8 Å². The number of aromatic nitrogens is 4. The summed E-state index contributed by atoms with van der Waals surface area (Å²) < 4.78 is 81.0. The fraction of sp³-hybridized carbons (Fsp3) is 0.385. The van der Waals surface area contributed by atoms with Crippen molar-refractivity contribution in [1.29, 1.82) is 0 Å². The van der Waals surface area contributed by atoms with Crippen LogP contribution in [0.25, 0.3) is 21.9 Å². The van der Waals surface area contributed by atoms with Gasteiger partial charge in [0.1, 0.15) is 23.9 Å². The van der Waals surface area contributed by atoms with Crippen LogP contribution in [0, 0.1) is 24.5 Å². The van der Waals surface area contributed by atoms with Crippen molar-refractivity contribution in [2.75, 3.05) is 11.5 Å². The molecule has 1 aliphatic carbocycles. The minimum atomic E-state index is -5.33. The number of benzene rings is 1. The first kappa shape index (κ1) is 27.1. The predicted molar refractivity (Wildman–Crippen MR) is 134 cm³/mol. The molecule has 1 aliphatic heterocycles. The molecule has 0 bridgehead atoms. The molecule has 3 aromatic heterocycles. The minimum absolute atomic E-state index is 0.0456. The molecule has 2 fully saturated rings. The number of nitrogen functional groups attached to an aromatic ring is 2. The fourth-order valence-corrected chi connectivity index (χ4v) is 6.01. The van der Waals surface area contributed by atoms with E-state index in [4.69, 9.17) is 20.9 Å². The van der Waals surface area contributed by atoms with Gasteiger partial charge in [-0.2, -0.15) is 13.2 Å².